The number of aliphatic hydroxyl groups is 1. The molecule has 1 saturated heterocycles. The number of amides is 9. The molecule has 9 amide bonds. The van der Waals surface area contributed by atoms with Gasteiger partial charge in [0.25, 0.3) is 0 Å². The first-order valence-corrected chi connectivity index (χ1v) is 22.0. The smallest absolute Gasteiger partial charge is 0.245 e. The van der Waals surface area contributed by atoms with Crippen LogP contribution in [-0.4, -0.2) is 137 Å². The fraction of sp³-hybridized carbons (Fsp3) is 0.756. The summed E-state index contributed by atoms with van der Waals surface area (Å²) >= 11 is 0. The Morgan fingerprint density at radius 2 is 1.19 bits per heavy atom. The lowest BCUT2D eigenvalue weighted by Crippen LogP contribution is -2.62. The molecule has 0 radical (unpaired) electrons. The summed E-state index contributed by atoms with van der Waals surface area (Å²) in [7, 11) is 0. The Bertz CT molecular complexity index is 1610. The van der Waals surface area contributed by atoms with Crippen LogP contribution in [0.15, 0.2) is 4.99 Å². The molecule has 0 aliphatic carbocycles. The van der Waals surface area contributed by atoms with Crippen molar-refractivity contribution in [3.05, 3.63) is 0 Å². The van der Waals surface area contributed by atoms with Crippen LogP contribution in [0.2, 0.25) is 0 Å². The molecule has 0 saturated carbocycles. The molecule has 22 nitrogen and oxygen atoms in total. The topological polar surface area (TPSA) is 352 Å². The summed E-state index contributed by atoms with van der Waals surface area (Å²) in [6.07, 6.45) is 0.936. The van der Waals surface area contributed by atoms with Gasteiger partial charge in [-0.05, 0) is 64.2 Å². The molecule has 1 heterocycles. The summed E-state index contributed by atoms with van der Waals surface area (Å²) in [6.45, 7) is 13.8. The van der Waals surface area contributed by atoms with Crippen LogP contribution < -0.4 is 54.4 Å². The molecule has 0 unspecified atom stereocenters. The van der Waals surface area contributed by atoms with Gasteiger partial charge < -0.3 is 64.4 Å². The third-order valence-corrected chi connectivity index (χ3v) is 11.0. The maximum absolute atomic E-state index is 14.1. The van der Waals surface area contributed by atoms with Gasteiger partial charge in [-0.25, -0.2) is 0 Å². The summed E-state index contributed by atoms with van der Waals surface area (Å²) in [5, 5.41) is 29.1. The molecule has 10 atom stereocenters. The van der Waals surface area contributed by atoms with Gasteiger partial charge >= 0.3 is 0 Å². The van der Waals surface area contributed by atoms with Crippen LogP contribution >= 0.6 is 0 Å². The number of carbonyl (C=O) groups excluding carboxylic acids is 9. The number of nitrogens with two attached hydrogens (primary N) is 3. The van der Waals surface area contributed by atoms with Crippen LogP contribution in [0.4, 0.5) is 0 Å². The molecule has 14 N–H and O–H groups in total. The summed E-state index contributed by atoms with van der Waals surface area (Å²) in [5.74, 6) is -7.08. The number of likely N-dealkylation sites (tertiary alicyclic amines) is 1. The fourth-order valence-electron chi connectivity index (χ4n) is 7.00. The van der Waals surface area contributed by atoms with Crippen LogP contribution in [0.25, 0.3) is 0 Å². The van der Waals surface area contributed by atoms with E-state index >= 15 is 0 Å². The predicted octanol–water partition coefficient (Wildman–Crippen LogP) is -2.37. The maximum Gasteiger partial charge on any atom is 0.245 e. The Morgan fingerprint density at radius 3 is 1.67 bits per heavy atom. The second-order valence-electron chi connectivity index (χ2n) is 16.2. The Kier molecular flexibility index (Phi) is 24.8. The Morgan fingerprint density at radius 1 is 0.683 bits per heavy atom. The Hall–Kier alpha value is -5.54. The molecule has 22 heteroatoms. The van der Waals surface area contributed by atoms with Crippen LogP contribution in [0.5, 0.6) is 0 Å². The van der Waals surface area contributed by atoms with Crippen molar-refractivity contribution in [2.45, 2.75) is 168 Å². The lowest BCUT2D eigenvalue weighted by atomic mass is 9.96. The number of likely N-dealkylation sites (N-methyl/N-ethyl adjacent to an activating group) is 1. The highest BCUT2D eigenvalue weighted by molar-refractivity contribution is 5.98. The van der Waals surface area contributed by atoms with E-state index < -0.39 is 107 Å². The normalized spacial score (nSPS) is 17.7. The first kappa shape index (κ1) is 55.5. The highest BCUT2D eigenvalue weighted by Gasteiger charge is 2.40. The number of primary amides is 1. The molecule has 1 aliphatic heterocycles. The molecular formula is C41H74N12O10. The third-order valence-electron chi connectivity index (χ3n) is 11.0. The zero-order valence-electron chi connectivity index (χ0n) is 38.2. The first-order valence-electron chi connectivity index (χ1n) is 22.0. The number of hydrogen-bond donors (Lipinski definition) is 11. The molecule has 1 fully saturated rings. The first-order chi connectivity index (χ1) is 29.6. The van der Waals surface area contributed by atoms with Crippen molar-refractivity contribution in [3.8, 4) is 0 Å². The minimum atomic E-state index is -1.61. The molecule has 358 valence electrons. The number of nitrogens with zero attached hydrogens (tertiary/aromatic N) is 2. The highest BCUT2D eigenvalue weighted by atomic mass is 16.3. The van der Waals surface area contributed by atoms with E-state index in [9.17, 15) is 48.3 Å². The average molecular weight is 895 g/mol. The van der Waals surface area contributed by atoms with E-state index in [2.05, 4.69) is 42.2 Å². The van der Waals surface area contributed by atoms with E-state index in [0.29, 0.717) is 51.6 Å². The van der Waals surface area contributed by atoms with E-state index in [1.165, 1.54) is 18.7 Å². The molecule has 1 aliphatic rings. The largest absolute Gasteiger partial charge is 0.391 e. The SMILES string of the molecule is CCC[C@H](NC(=O)[C@@H](NC(=O)[C@H](NC(=O)[C@@H](CCC(N)=O)NC(C)=O)[C@@H](C)CC)[C@@H](C)O)C(=O)N[C@H](C(=O)N[C@@H](CCCN=C(N)N)C(=O)N1CCC[C@H]1C(=O)NCC)[C@@H](C)CC. The van der Waals surface area contributed by atoms with Crippen LogP contribution in [0.3, 0.4) is 0 Å². The third kappa shape index (κ3) is 18.8. The van der Waals surface area contributed by atoms with Gasteiger partial charge in [-0.2, -0.15) is 0 Å². The van der Waals surface area contributed by atoms with E-state index in [1.54, 1.807) is 34.6 Å². The van der Waals surface area contributed by atoms with Crippen LogP contribution in [0, 0.1) is 11.8 Å². The highest BCUT2D eigenvalue weighted by Crippen LogP contribution is 2.21. The minimum Gasteiger partial charge on any atom is -0.391 e. The van der Waals surface area contributed by atoms with Crippen molar-refractivity contribution in [1.29, 1.82) is 0 Å². The van der Waals surface area contributed by atoms with Gasteiger partial charge in [0.1, 0.15) is 42.3 Å². The molecule has 1 rings (SSSR count). The van der Waals surface area contributed by atoms with Gasteiger partial charge in [0, 0.05) is 33.0 Å². The van der Waals surface area contributed by atoms with E-state index in [-0.39, 0.29) is 44.1 Å². The minimum absolute atomic E-state index is 0.0936. The van der Waals surface area contributed by atoms with Crippen molar-refractivity contribution in [3.63, 3.8) is 0 Å². The lowest BCUT2D eigenvalue weighted by Gasteiger charge is -2.32. The number of hydrogen-bond acceptors (Lipinski definition) is 11. The maximum atomic E-state index is 14.1. The van der Waals surface area contributed by atoms with Gasteiger partial charge in [0.15, 0.2) is 5.96 Å². The van der Waals surface area contributed by atoms with E-state index in [1.807, 2.05) is 6.92 Å². The monoisotopic (exact) mass is 895 g/mol. The zero-order valence-corrected chi connectivity index (χ0v) is 38.2. The van der Waals surface area contributed by atoms with Crippen molar-refractivity contribution >= 4 is 59.1 Å². The van der Waals surface area contributed by atoms with Crippen molar-refractivity contribution in [1.82, 2.24) is 42.1 Å². The van der Waals surface area contributed by atoms with Gasteiger partial charge in [0.05, 0.1) is 6.10 Å². The standard InChI is InChI=1S/C41H74N12O10/c1-9-15-26(48-39(62)33(24(7)54)52-38(61)32(23(6)11-3)51-35(58)27(47-25(8)55)18-19-30(42)56)34(57)50-31(22(5)10-2)37(60)49-28(16-13-20-46-41(43)44)40(63)53-21-14-17-29(53)36(59)45-12-4/h22-24,26-29,31-33,54H,9-21H2,1-8H3,(H2,42,56)(H,45,59)(H,47,55)(H,48,62)(H,49,60)(H,50,57)(H,51,58)(H,52,61)(H4,43,44,46)/t22-,23-,24+,26-,27+,28-,29-,31-,32+,33-/m0/s1. The predicted molar refractivity (Wildman–Crippen MR) is 235 cm³/mol. The summed E-state index contributed by atoms with van der Waals surface area (Å²) in [4.78, 5) is 124. The Balaban J connectivity index is 3.35. The zero-order chi connectivity index (χ0) is 48.0. The van der Waals surface area contributed by atoms with Gasteiger partial charge in [0.2, 0.25) is 53.2 Å². The number of aliphatic hydroxyl groups excluding tert-OH is 1. The summed E-state index contributed by atoms with van der Waals surface area (Å²) in [5.41, 5.74) is 16.2. The molecule has 0 spiro atoms. The number of aliphatic imine (C=N–C) groups is 1. The summed E-state index contributed by atoms with van der Waals surface area (Å²) in [6, 6.07) is -8.29. The van der Waals surface area contributed by atoms with Crippen molar-refractivity contribution < 1.29 is 48.3 Å². The van der Waals surface area contributed by atoms with Crippen molar-refractivity contribution in [2.24, 2.45) is 34.0 Å². The van der Waals surface area contributed by atoms with E-state index in [0.717, 1.165) is 0 Å². The molecule has 0 aromatic carbocycles. The lowest BCUT2D eigenvalue weighted by molar-refractivity contribution is -0.142. The quantitative estimate of drug-likeness (QED) is 0.0223. The summed E-state index contributed by atoms with van der Waals surface area (Å²) < 4.78 is 0. The van der Waals surface area contributed by atoms with Crippen LogP contribution in [0.1, 0.15) is 120 Å². The molecule has 63 heavy (non-hydrogen) atoms. The van der Waals surface area contributed by atoms with Gasteiger partial charge in [-0.1, -0.05) is 53.9 Å². The molecule has 0 bridgehead atoms. The second-order valence-corrected chi connectivity index (χ2v) is 16.2. The van der Waals surface area contributed by atoms with Crippen LogP contribution in [-0.2, 0) is 43.2 Å². The number of guanidine groups is 1. The Labute approximate surface area is 370 Å². The molecule has 0 aromatic heterocycles. The second kappa shape index (κ2) is 28.2. The fourth-order valence-corrected chi connectivity index (χ4v) is 7.00. The molecule has 0 aromatic rings. The molecular weight excluding hydrogens is 821 g/mol. The van der Waals surface area contributed by atoms with Gasteiger partial charge in [-0.15, -0.1) is 0 Å². The van der Waals surface area contributed by atoms with Gasteiger partial charge in [-0.3, -0.25) is 48.1 Å². The van der Waals surface area contributed by atoms with E-state index in [4.69, 9.17) is 17.2 Å². The van der Waals surface area contributed by atoms with Crippen molar-refractivity contribution in [2.75, 3.05) is 19.6 Å². The average Bonchev–Trinajstić information content (AvgIpc) is 3.72. The number of nitrogens with one attached hydrogen (secondary N) is 7. The number of rotatable bonds is 28. The number of carbonyl (C=O) groups is 9.